The molecule has 0 aliphatic carbocycles. The summed E-state index contributed by atoms with van der Waals surface area (Å²) in [5.41, 5.74) is 5.11. The largest absolute Gasteiger partial charge is 0.493 e. The fraction of sp³-hybridized carbons (Fsp3) is 0.161. The predicted octanol–water partition coefficient (Wildman–Crippen LogP) is 5.79. The molecule has 0 aromatic heterocycles. The summed E-state index contributed by atoms with van der Waals surface area (Å²) in [6.07, 6.45) is 0. The Morgan fingerprint density at radius 2 is 1.41 bits per heavy atom. The van der Waals surface area contributed by atoms with Crippen LogP contribution in [0.4, 0.5) is 0 Å². The Kier molecular flexibility index (Phi) is 8.21. The van der Waals surface area contributed by atoms with Crippen LogP contribution in [0.1, 0.15) is 44.8 Å². The van der Waals surface area contributed by atoms with E-state index in [1.807, 2.05) is 85.8 Å². The number of hydrogen-bond donors (Lipinski definition) is 2. The summed E-state index contributed by atoms with van der Waals surface area (Å²) in [5.74, 6) is 0.522. The minimum absolute atomic E-state index is 0.129. The van der Waals surface area contributed by atoms with Gasteiger partial charge in [-0.25, -0.2) is 0 Å². The molecule has 0 fully saturated rings. The van der Waals surface area contributed by atoms with Crippen molar-refractivity contribution in [2.75, 3.05) is 14.2 Å². The van der Waals surface area contributed by atoms with Crippen molar-refractivity contribution in [3.05, 3.63) is 119 Å². The van der Waals surface area contributed by atoms with Crippen LogP contribution in [0.25, 0.3) is 11.1 Å². The van der Waals surface area contributed by atoms with E-state index >= 15 is 0 Å². The van der Waals surface area contributed by atoms with Crippen LogP contribution in [0.15, 0.2) is 97.1 Å². The fourth-order valence-electron chi connectivity index (χ4n) is 4.08. The standard InChI is InChI=1S/C31H30N2O4/c1-21(33-30(34)26-18-16-25(17-19-26)24-8-5-4-6-9-24)23-14-12-22(13-15-23)20-32-31(35)27-10-7-11-28(36-2)29(27)37-3/h4-19,21H,20H2,1-3H3,(H,32,35)(H,33,34). The third-order valence-corrected chi connectivity index (χ3v) is 6.18. The molecule has 0 radical (unpaired) electrons. The first-order valence-corrected chi connectivity index (χ1v) is 12.0. The highest BCUT2D eigenvalue weighted by molar-refractivity contribution is 5.97. The number of rotatable bonds is 9. The van der Waals surface area contributed by atoms with Crippen LogP contribution in [-0.4, -0.2) is 26.0 Å². The van der Waals surface area contributed by atoms with Gasteiger partial charge in [0, 0.05) is 12.1 Å². The first kappa shape index (κ1) is 25.5. The molecule has 0 heterocycles. The molecule has 4 aromatic carbocycles. The molecule has 4 aromatic rings. The van der Waals surface area contributed by atoms with E-state index in [1.54, 1.807) is 18.2 Å². The first-order valence-electron chi connectivity index (χ1n) is 12.0. The van der Waals surface area contributed by atoms with E-state index in [9.17, 15) is 9.59 Å². The number of ether oxygens (including phenoxy) is 2. The number of hydrogen-bond acceptors (Lipinski definition) is 4. The van der Waals surface area contributed by atoms with Crippen molar-refractivity contribution in [2.45, 2.75) is 19.5 Å². The molecule has 0 spiro atoms. The molecule has 4 rings (SSSR count). The normalized spacial score (nSPS) is 11.3. The van der Waals surface area contributed by atoms with E-state index in [4.69, 9.17) is 9.47 Å². The molecule has 6 heteroatoms. The predicted molar refractivity (Wildman–Crippen MR) is 145 cm³/mol. The quantitative estimate of drug-likeness (QED) is 0.309. The van der Waals surface area contributed by atoms with Gasteiger partial charge >= 0.3 is 0 Å². The van der Waals surface area contributed by atoms with Crippen LogP contribution in [-0.2, 0) is 6.54 Å². The summed E-state index contributed by atoms with van der Waals surface area (Å²) in [4.78, 5) is 25.5. The minimum atomic E-state index is -0.251. The topological polar surface area (TPSA) is 76.7 Å². The maximum atomic E-state index is 12.8. The minimum Gasteiger partial charge on any atom is -0.493 e. The Morgan fingerprint density at radius 1 is 0.730 bits per heavy atom. The highest BCUT2D eigenvalue weighted by Crippen LogP contribution is 2.30. The summed E-state index contributed by atoms with van der Waals surface area (Å²) in [6.45, 7) is 2.30. The van der Waals surface area contributed by atoms with E-state index in [-0.39, 0.29) is 17.9 Å². The van der Waals surface area contributed by atoms with Crippen LogP contribution in [0.5, 0.6) is 11.5 Å². The van der Waals surface area contributed by atoms with Crippen molar-refractivity contribution < 1.29 is 19.1 Å². The third-order valence-electron chi connectivity index (χ3n) is 6.18. The highest BCUT2D eigenvalue weighted by Gasteiger charge is 2.16. The zero-order valence-corrected chi connectivity index (χ0v) is 21.2. The Bertz CT molecular complexity index is 1350. The molecular formula is C31H30N2O4. The van der Waals surface area contributed by atoms with Crippen molar-refractivity contribution in [2.24, 2.45) is 0 Å². The summed E-state index contributed by atoms with van der Waals surface area (Å²) >= 11 is 0. The average molecular weight is 495 g/mol. The first-order chi connectivity index (χ1) is 18.0. The second-order valence-electron chi connectivity index (χ2n) is 8.60. The van der Waals surface area contributed by atoms with Gasteiger partial charge in [0.05, 0.1) is 25.8 Å². The number of carbonyl (C=O) groups is 2. The summed E-state index contributed by atoms with van der Waals surface area (Å²) in [5, 5.41) is 5.97. The van der Waals surface area contributed by atoms with Crippen LogP contribution in [0, 0.1) is 0 Å². The summed E-state index contributed by atoms with van der Waals surface area (Å²) in [7, 11) is 3.04. The maximum absolute atomic E-state index is 12.8. The monoisotopic (exact) mass is 494 g/mol. The van der Waals surface area contributed by atoms with Crippen LogP contribution in [0.2, 0.25) is 0 Å². The molecule has 0 saturated carbocycles. The molecule has 1 atom stereocenters. The molecule has 0 aliphatic heterocycles. The van der Waals surface area contributed by atoms with E-state index in [0.717, 1.165) is 22.3 Å². The van der Waals surface area contributed by atoms with E-state index < -0.39 is 0 Å². The smallest absolute Gasteiger partial charge is 0.255 e. The summed E-state index contributed by atoms with van der Waals surface area (Å²) < 4.78 is 10.6. The van der Waals surface area contributed by atoms with Crippen LogP contribution in [0.3, 0.4) is 0 Å². The zero-order chi connectivity index (χ0) is 26.2. The molecule has 0 saturated heterocycles. The zero-order valence-electron chi connectivity index (χ0n) is 21.2. The maximum Gasteiger partial charge on any atom is 0.255 e. The molecule has 0 aliphatic rings. The Labute approximate surface area is 217 Å². The highest BCUT2D eigenvalue weighted by atomic mass is 16.5. The lowest BCUT2D eigenvalue weighted by atomic mass is 10.0. The van der Waals surface area contributed by atoms with Crippen molar-refractivity contribution >= 4 is 11.8 Å². The van der Waals surface area contributed by atoms with E-state index in [0.29, 0.717) is 29.2 Å². The van der Waals surface area contributed by atoms with Crippen LogP contribution < -0.4 is 20.1 Å². The molecule has 37 heavy (non-hydrogen) atoms. The van der Waals surface area contributed by atoms with Gasteiger partial charge in [-0.2, -0.15) is 0 Å². The number of carbonyl (C=O) groups excluding carboxylic acids is 2. The summed E-state index contributed by atoms with van der Waals surface area (Å²) in [6, 6.07) is 30.5. The van der Waals surface area contributed by atoms with Gasteiger partial charge in [0.25, 0.3) is 11.8 Å². The fourth-order valence-corrected chi connectivity index (χ4v) is 4.08. The molecule has 0 bridgehead atoms. The van der Waals surface area contributed by atoms with Gasteiger partial charge in [-0.15, -0.1) is 0 Å². The van der Waals surface area contributed by atoms with Crippen molar-refractivity contribution in [3.63, 3.8) is 0 Å². The van der Waals surface area contributed by atoms with E-state index in [2.05, 4.69) is 10.6 Å². The van der Waals surface area contributed by atoms with Gasteiger partial charge in [-0.3, -0.25) is 9.59 Å². The second-order valence-corrected chi connectivity index (χ2v) is 8.60. The number of amides is 2. The number of benzene rings is 4. The van der Waals surface area contributed by atoms with Gasteiger partial charge in [0.15, 0.2) is 11.5 Å². The Morgan fingerprint density at radius 3 is 2.05 bits per heavy atom. The average Bonchev–Trinajstić information content (AvgIpc) is 2.96. The van der Waals surface area contributed by atoms with Gasteiger partial charge in [-0.05, 0) is 53.4 Å². The number of para-hydroxylation sites is 1. The number of nitrogens with one attached hydrogen (secondary N) is 2. The van der Waals surface area contributed by atoms with Gasteiger partial charge in [-0.1, -0.05) is 72.8 Å². The second kappa shape index (κ2) is 11.9. The molecule has 1 unspecified atom stereocenters. The van der Waals surface area contributed by atoms with Gasteiger partial charge in [0.2, 0.25) is 0 Å². The number of methoxy groups -OCH3 is 2. The Balaban J connectivity index is 1.33. The van der Waals surface area contributed by atoms with Crippen molar-refractivity contribution in [3.8, 4) is 22.6 Å². The van der Waals surface area contributed by atoms with Crippen molar-refractivity contribution in [1.82, 2.24) is 10.6 Å². The molecule has 2 N–H and O–H groups in total. The lowest BCUT2D eigenvalue weighted by Crippen LogP contribution is -2.26. The lowest BCUT2D eigenvalue weighted by Gasteiger charge is -2.16. The molecule has 6 nitrogen and oxygen atoms in total. The van der Waals surface area contributed by atoms with E-state index in [1.165, 1.54) is 14.2 Å². The van der Waals surface area contributed by atoms with Crippen LogP contribution >= 0.6 is 0 Å². The Hall–Kier alpha value is -4.58. The SMILES string of the molecule is COc1cccc(C(=O)NCc2ccc(C(C)NC(=O)c3ccc(-c4ccccc4)cc3)cc2)c1OC. The molecule has 2 amide bonds. The van der Waals surface area contributed by atoms with Gasteiger partial charge < -0.3 is 20.1 Å². The van der Waals surface area contributed by atoms with Crippen molar-refractivity contribution in [1.29, 1.82) is 0 Å². The molecule has 188 valence electrons. The van der Waals surface area contributed by atoms with Gasteiger partial charge in [0.1, 0.15) is 0 Å². The lowest BCUT2D eigenvalue weighted by molar-refractivity contribution is 0.0934. The third kappa shape index (κ3) is 6.16. The molecular weight excluding hydrogens is 464 g/mol.